The van der Waals surface area contributed by atoms with Crippen LogP contribution in [0.4, 0.5) is 0 Å². The summed E-state index contributed by atoms with van der Waals surface area (Å²) in [5.74, 6) is 2.02. The molecule has 0 heterocycles. The summed E-state index contributed by atoms with van der Waals surface area (Å²) in [4.78, 5) is 12.9. The molecule has 1 aliphatic carbocycles. The minimum Gasteiger partial charge on any atom is -0.349 e. The Morgan fingerprint density at radius 2 is 2.13 bits per heavy atom. The van der Waals surface area contributed by atoms with Gasteiger partial charge in [0.15, 0.2) is 0 Å². The van der Waals surface area contributed by atoms with Gasteiger partial charge in [0.25, 0.3) is 0 Å². The molecule has 88 valence electrons. The second kappa shape index (κ2) is 6.11. The first-order valence-electron chi connectivity index (χ1n) is 6.02. The van der Waals surface area contributed by atoms with Crippen molar-refractivity contribution in [2.75, 3.05) is 27.2 Å². The largest absolute Gasteiger partial charge is 0.349 e. The van der Waals surface area contributed by atoms with Gasteiger partial charge in [0.2, 0.25) is 5.91 Å². The molecule has 0 spiro atoms. The van der Waals surface area contributed by atoms with Gasteiger partial charge in [-0.15, -0.1) is 0 Å². The van der Waals surface area contributed by atoms with Crippen molar-refractivity contribution in [1.82, 2.24) is 10.2 Å². The van der Waals surface area contributed by atoms with Crippen LogP contribution in [-0.2, 0) is 4.79 Å². The summed E-state index contributed by atoms with van der Waals surface area (Å²) in [5.41, 5.74) is 0. The van der Waals surface area contributed by atoms with Crippen LogP contribution in [0.1, 0.15) is 32.6 Å². The van der Waals surface area contributed by atoms with Crippen LogP contribution in [0, 0.1) is 11.8 Å². The Balaban J connectivity index is 1.90. The van der Waals surface area contributed by atoms with E-state index in [4.69, 9.17) is 0 Å². The summed E-state index contributed by atoms with van der Waals surface area (Å²) in [6, 6.07) is 0. The smallest absolute Gasteiger partial charge is 0.222 e. The Morgan fingerprint density at radius 3 is 2.67 bits per heavy atom. The number of amides is 1. The maximum Gasteiger partial charge on any atom is 0.222 e. The number of hydrogen-bond donors (Lipinski definition) is 1. The molecule has 0 bridgehead atoms. The molecule has 0 aromatic carbocycles. The molecule has 1 aliphatic rings. The van der Waals surface area contributed by atoms with Crippen LogP contribution in [0.15, 0.2) is 0 Å². The van der Waals surface area contributed by atoms with Gasteiger partial charge >= 0.3 is 0 Å². The highest BCUT2D eigenvalue weighted by atomic mass is 16.2. The van der Waals surface area contributed by atoms with E-state index >= 15 is 0 Å². The molecule has 0 aromatic rings. The zero-order valence-corrected chi connectivity index (χ0v) is 10.3. The molecule has 3 heteroatoms. The van der Waals surface area contributed by atoms with E-state index in [2.05, 4.69) is 12.2 Å². The molecule has 1 unspecified atom stereocenters. The van der Waals surface area contributed by atoms with Crippen molar-refractivity contribution in [2.24, 2.45) is 11.8 Å². The van der Waals surface area contributed by atoms with E-state index in [0.29, 0.717) is 6.42 Å². The fourth-order valence-electron chi connectivity index (χ4n) is 1.75. The molecule has 15 heavy (non-hydrogen) atoms. The lowest BCUT2D eigenvalue weighted by Gasteiger charge is -2.12. The molecular formula is C12H24N2O. The predicted molar refractivity (Wildman–Crippen MR) is 62.7 cm³/mol. The molecule has 0 radical (unpaired) electrons. The Labute approximate surface area is 93.2 Å². The first kappa shape index (κ1) is 12.5. The summed E-state index contributed by atoms with van der Waals surface area (Å²) >= 11 is 0. The van der Waals surface area contributed by atoms with Crippen LogP contribution < -0.4 is 5.32 Å². The van der Waals surface area contributed by atoms with E-state index < -0.39 is 0 Å². The summed E-state index contributed by atoms with van der Waals surface area (Å²) in [5, 5.41) is 3.43. The topological polar surface area (TPSA) is 32.3 Å². The third-order valence-corrected chi connectivity index (χ3v) is 3.14. The van der Waals surface area contributed by atoms with Gasteiger partial charge in [-0.2, -0.15) is 0 Å². The average molecular weight is 212 g/mol. The zero-order chi connectivity index (χ0) is 11.3. The average Bonchev–Trinajstić information content (AvgIpc) is 2.99. The molecule has 0 saturated heterocycles. The zero-order valence-electron chi connectivity index (χ0n) is 10.3. The van der Waals surface area contributed by atoms with Crippen molar-refractivity contribution in [3.8, 4) is 0 Å². The molecule has 1 rings (SSSR count). The monoisotopic (exact) mass is 212 g/mol. The molecule has 0 aromatic heterocycles. The van der Waals surface area contributed by atoms with E-state index in [0.717, 1.165) is 31.3 Å². The van der Waals surface area contributed by atoms with Crippen molar-refractivity contribution in [3.05, 3.63) is 0 Å². The van der Waals surface area contributed by atoms with E-state index in [1.165, 1.54) is 12.8 Å². The minimum atomic E-state index is 0.229. The van der Waals surface area contributed by atoms with Crippen molar-refractivity contribution in [2.45, 2.75) is 32.6 Å². The van der Waals surface area contributed by atoms with E-state index in [1.54, 1.807) is 4.90 Å². The third kappa shape index (κ3) is 5.17. The number of nitrogens with zero attached hydrogens (tertiary/aromatic N) is 1. The van der Waals surface area contributed by atoms with Gasteiger partial charge in [-0.3, -0.25) is 4.79 Å². The van der Waals surface area contributed by atoms with Gasteiger partial charge in [-0.1, -0.05) is 6.92 Å². The Bertz CT molecular complexity index is 200. The molecular weight excluding hydrogens is 188 g/mol. The van der Waals surface area contributed by atoms with Crippen LogP contribution in [0.3, 0.4) is 0 Å². The second-order valence-corrected chi connectivity index (χ2v) is 4.91. The Morgan fingerprint density at radius 1 is 1.47 bits per heavy atom. The number of carbonyl (C=O) groups is 1. The van der Waals surface area contributed by atoms with Gasteiger partial charge in [-0.25, -0.2) is 0 Å². The third-order valence-electron chi connectivity index (χ3n) is 3.14. The van der Waals surface area contributed by atoms with Crippen molar-refractivity contribution in [1.29, 1.82) is 0 Å². The highest BCUT2D eigenvalue weighted by Gasteiger charge is 2.27. The number of nitrogens with one attached hydrogen (secondary N) is 1. The van der Waals surface area contributed by atoms with E-state index in [1.807, 2.05) is 14.1 Å². The van der Waals surface area contributed by atoms with Crippen LogP contribution >= 0.6 is 0 Å². The van der Waals surface area contributed by atoms with Gasteiger partial charge in [0.05, 0.1) is 0 Å². The summed E-state index contributed by atoms with van der Waals surface area (Å²) in [7, 11) is 3.62. The molecule has 3 nitrogen and oxygen atoms in total. The van der Waals surface area contributed by atoms with Gasteiger partial charge in [-0.05, 0) is 44.2 Å². The highest BCUT2D eigenvalue weighted by Crippen LogP contribution is 2.35. The molecule has 1 fully saturated rings. The van der Waals surface area contributed by atoms with E-state index in [9.17, 15) is 4.79 Å². The lowest BCUT2D eigenvalue weighted by Crippen LogP contribution is -2.26. The molecule has 1 N–H and O–H groups in total. The number of hydrogen-bond acceptors (Lipinski definition) is 2. The maximum atomic E-state index is 11.3. The standard InChI is InChI=1S/C12H24N2O/c1-10(11-6-7-11)9-13-8-4-5-12(15)14(2)3/h10-11,13H,4-9H2,1-3H3. The van der Waals surface area contributed by atoms with Crippen molar-refractivity contribution in [3.63, 3.8) is 0 Å². The Hall–Kier alpha value is -0.570. The van der Waals surface area contributed by atoms with Gasteiger partial charge < -0.3 is 10.2 Å². The highest BCUT2D eigenvalue weighted by molar-refractivity contribution is 5.75. The normalized spacial score (nSPS) is 17.5. The first-order chi connectivity index (χ1) is 7.11. The SMILES string of the molecule is CC(CNCCCC(=O)N(C)C)C1CC1. The lowest BCUT2D eigenvalue weighted by molar-refractivity contribution is -0.128. The van der Waals surface area contributed by atoms with Crippen LogP contribution in [0.5, 0.6) is 0 Å². The minimum absolute atomic E-state index is 0.229. The predicted octanol–water partition coefficient (Wildman–Crippen LogP) is 1.49. The number of rotatable bonds is 7. The maximum absolute atomic E-state index is 11.3. The summed E-state index contributed by atoms with van der Waals surface area (Å²) in [6.45, 7) is 4.40. The molecule has 0 aliphatic heterocycles. The Kier molecular flexibility index (Phi) is 5.09. The molecule has 1 amide bonds. The first-order valence-corrected chi connectivity index (χ1v) is 6.02. The van der Waals surface area contributed by atoms with Crippen LogP contribution in [0.2, 0.25) is 0 Å². The molecule has 1 saturated carbocycles. The van der Waals surface area contributed by atoms with Crippen molar-refractivity contribution >= 4 is 5.91 Å². The summed E-state index contributed by atoms with van der Waals surface area (Å²) < 4.78 is 0. The summed E-state index contributed by atoms with van der Waals surface area (Å²) in [6.07, 6.45) is 4.45. The number of carbonyl (C=O) groups excluding carboxylic acids is 1. The van der Waals surface area contributed by atoms with Crippen LogP contribution in [-0.4, -0.2) is 38.0 Å². The van der Waals surface area contributed by atoms with Gasteiger partial charge in [0.1, 0.15) is 0 Å². The van der Waals surface area contributed by atoms with Crippen LogP contribution in [0.25, 0.3) is 0 Å². The second-order valence-electron chi connectivity index (χ2n) is 4.91. The fourth-order valence-corrected chi connectivity index (χ4v) is 1.75. The van der Waals surface area contributed by atoms with E-state index in [-0.39, 0.29) is 5.91 Å². The van der Waals surface area contributed by atoms with Gasteiger partial charge in [0, 0.05) is 20.5 Å². The fraction of sp³-hybridized carbons (Fsp3) is 0.917. The van der Waals surface area contributed by atoms with Crippen molar-refractivity contribution < 1.29 is 4.79 Å². The lowest BCUT2D eigenvalue weighted by atomic mass is 10.1. The quantitative estimate of drug-likeness (QED) is 0.648. The molecule has 1 atom stereocenters.